The molecule has 0 aliphatic rings. The first-order valence-corrected chi connectivity index (χ1v) is 7.72. The Bertz CT molecular complexity index is 1050. The van der Waals surface area contributed by atoms with E-state index in [1.807, 2.05) is 55.5 Å². The Morgan fingerprint density at radius 3 is 1.76 bits per heavy atom. The Balaban J connectivity index is 2.22. The van der Waals surface area contributed by atoms with Crippen LogP contribution < -0.4 is 0 Å². The predicted molar refractivity (Wildman–Crippen MR) is 96.2 cm³/mol. The van der Waals surface area contributed by atoms with Gasteiger partial charge in [-0.3, -0.25) is 0 Å². The third-order valence-corrected chi connectivity index (χ3v) is 4.01. The van der Waals surface area contributed by atoms with Gasteiger partial charge in [-0.05, 0) is 41.8 Å². The Hall–Kier alpha value is -3.87. The molecule has 0 aromatic heterocycles. The molecule has 3 aromatic carbocycles. The molecule has 3 nitrogen and oxygen atoms in total. The highest BCUT2D eigenvalue weighted by molar-refractivity contribution is 5.81. The Morgan fingerprint density at radius 2 is 1.20 bits per heavy atom. The highest BCUT2D eigenvalue weighted by Crippen LogP contribution is 2.32. The first kappa shape index (κ1) is 16.0. The molecular formula is C22H13N3. The van der Waals surface area contributed by atoms with E-state index in [2.05, 4.69) is 18.2 Å². The summed E-state index contributed by atoms with van der Waals surface area (Å²) >= 11 is 0. The molecule has 3 heteroatoms. The van der Waals surface area contributed by atoms with Crippen molar-refractivity contribution in [1.82, 2.24) is 0 Å². The summed E-state index contributed by atoms with van der Waals surface area (Å²) in [5, 5.41) is 28.0. The molecule has 0 bridgehead atoms. The van der Waals surface area contributed by atoms with Gasteiger partial charge in [-0.25, -0.2) is 0 Å². The summed E-state index contributed by atoms with van der Waals surface area (Å²) in [6, 6.07) is 25.2. The van der Waals surface area contributed by atoms with Crippen molar-refractivity contribution in [2.75, 3.05) is 0 Å². The second-order valence-corrected chi connectivity index (χ2v) is 5.73. The van der Waals surface area contributed by atoms with Crippen molar-refractivity contribution < 1.29 is 0 Å². The van der Waals surface area contributed by atoms with Crippen molar-refractivity contribution in [3.8, 4) is 40.5 Å². The quantitative estimate of drug-likeness (QED) is 0.671. The van der Waals surface area contributed by atoms with Crippen LogP contribution in [0.4, 0.5) is 0 Å². The maximum absolute atomic E-state index is 9.47. The number of hydrogen-bond acceptors (Lipinski definition) is 3. The van der Waals surface area contributed by atoms with Gasteiger partial charge in [0.05, 0.1) is 34.9 Å². The third kappa shape index (κ3) is 3.11. The third-order valence-electron chi connectivity index (χ3n) is 4.01. The second kappa shape index (κ2) is 6.71. The van der Waals surface area contributed by atoms with Crippen LogP contribution in [0.3, 0.4) is 0 Å². The molecule has 0 saturated heterocycles. The summed E-state index contributed by atoms with van der Waals surface area (Å²) in [5.74, 6) is 0. The van der Waals surface area contributed by atoms with Crippen LogP contribution in [0.25, 0.3) is 22.3 Å². The van der Waals surface area contributed by atoms with Crippen molar-refractivity contribution in [3.63, 3.8) is 0 Å². The SMILES string of the molecule is Cc1cccc(-c2cccc(-c3c(C#N)cc(C#N)cc3C#N)c2)c1. The van der Waals surface area contributed by atoms with Gasteiger partial charge in [0.25, 0.3) is 0 Å². The van der Waals surface area contributed by atoms with Crippen molar-refractivity contribution >= 4 is 0 Å². The predicted octanol–water partition coefficient (Wildman–Crippen LogP) is 4.94. The lowest BCUT2D eigenvalue weighted by Crippen LogP contribution is -1.93. The van der Waals surface area contributed by atoms with Crippen LogP contribution in [-0.4, -0.2) is 0 Å². The molecular weight excluding hydrogens is 306 g/mol. The van der Waals surface area contributed by atoms with E-state index in [4.69, 9.17) is 5.26 Å². The molecule has 0 amide bonds. The summed E-state index contributed by atoms with van der Waals surface area (Å²) in [5.41, 5.74) is 5.58. The van der Waals surface area contributed by atoms with E-state index in [0.29, 0.717) is 22.3 Å². The number of benzene rings is 3. The van der Waals surface area contributed by atoms with Gasteiger partial charge in [-0.1, -0.05) is 48.0 Å². The molecule has 0 N–H and O–H groups in total. The van der Waals surface area contributed by atoms with Crippen molar-refractivity contribution in [2.24, 2.45) is 0 Å². The molecule has 0 aliphatic carbocycles. The normalized spacial score (nSPS) is 9.68. The minimum absolute atomic E-state index is 0.312. The Kier molecular flexibility index (Phi) is 4.30. The zero-order chi connectivity index (χ0) is 17.8. The van der Waals surface area contributed by atoms with Gasteiger partial charge in [-0.15, -0.1) is 0 Å². The van der Waals surface area contributed by atoms with Crippen LogP contribution in [0.2, 0.25) is 0 Å². The lowest BCUT2D eigenvalue weighted by atomic mass is 9.91. The number of nitrogens with zero attached hydrogens (tertiary/aromatic N) is 3. The fraction of sp³-hybridized carbons (Fsp3) is 0.0455. The van der Waals surface area contributed by atoms with E-state index in [1.165, 1.54) is 12.1 Å². The summed E-state index contributed by atoms with van der Waals surface area (Å²) in [4.78, 5) is 0. The molecule has 25 heavy (non-hydrogen) atoms. The lowest BCUT2D eigenvalue weighted by molar-refractivity contribution is 1.41. The fourth-order valence-electron chi connectivity index (χ4n) is 2.87. The van der Waals surface area contributed by atoms with Gasteiger partial charge in [0.1, 0.15) is 0 Å². The minimum atomic E-state index is 0.312. The standard InChI is InChI=1S/C22H13N3/c1-15-4-2-5-17(8-15)18-6-3-7-19(11-18)22-20(13-24)9-16(12-23)10-21(22)14-25/h2-11H,1H3. The van der Waals surface area contributed by atoms with E-state index in [1.54, 1.807) is 0 Å². The molecule has 0 radical (unpaired) electrons. The van der Waals surface area contributed by atoms with E-state index in [0.717, 1.165) is 22.3 Å². The maximum atomic E-state index is 9.47. The van der Waals surface area contributed by atoms with Crippen molar-refractivity contribution in [1.29, 1.82) is 15.8 Å². The van der Waals surface area contributed by atoms with Gasteiger partial charge in [0.2, 0.25) is 0 Å². The second-order valence-electron chi connectivity index (χ2n) is 5.73. The first-order valence-electron chi connectivity index (χ1n) is 7.72. The van der Waals surface area contributed by atoms with Gasteiger partial charge >= 0.3 is 0 Å². The van der Waals surface area contributed by atoms with Gasteiger partial charge < -0.3 is 0 Å². The molecule has 3 aromatic rings. The van der Waals surface area contributed by atoms with Crippen LogP contribution >= 0.6 is 0 Å². The monoisotopic (exact) mass is 319 g/mol. The van der Waals surface area contributed by atoms with E-state index in [-0.39, 0.29) is 0 Å². The van der Waals surface area contributed by atoms with E-state index >= 15 is 0 Å². The molecule has 0 heterocycles. The minimum Gasteiger partial charge on any atom is -0.192 e. The Labute approximate surface area is 146 Å². The molecule has 0 atom stereocenters. The lowest BCUT2D eigenvalue weighted by Gasteiger charge is -2.10. The van der Waals surface area contributed by atoms with Crippen molar-refractivity contribution in [3.05, 3.63) is 82.9 Å². The highest BCUT2D eigenvalue weighted by Gasteiger charge is 2.14. The zero-order valence-electron chi connectivity index (χ0n) is 13.6. The van der Waals surface area contributed by atoms with Crippen LogP contribution in [-0.2, 0) is 0 Å². The molecule has 0 spiro atoms. The summed E-state index contributed by atoms with van der Waals surface area (Å²) < 4.78 is 0. The van der Waals surface area contributed by atoms with Crippen LogP contribution in [0.5, 0.6) is 0 Å². The molecule has 0 saturated carbocycles. The molecule has 0 fully saturated rings. The van der Waals surface area contributed by atoms with Crippen LogP contribution in [0.1, 0.15) is 22.3 Å². The summed E-state index contributed by atoms with van der Waals surface area (Å²) in [6.45, 7) is 2.04. The Morgan fingerprint density at radius 1 is 0.640 bits per heavy atom. The van der Waals surface area contributed by atoms with E-state index < -0.39 is 0 Å². The van der Waals surface area contributed by atoms with Crippen LogP contribution in [0.15, 0.2) is 60.7 Å². The maximum Gasteiger partial charge on any atom is 0.0999 e. The zero-order valence-corrected chi connectivity index (χ0v) is 13.6. The highest BCUT2D eigenvalue weighted by atomic mass is 14.3. The molecule has 3 rings (SSSR count). The summed E-state index contributed by atoms with van der Waals surface area (Å²) in [7, 11) is 0. The largest absolute Gasteiger partial charge is 0.192 e. The van der Waals surface area contributed by atoms with E-state index in [9.17, 15) is 10.5 Å². The average Bonchev–Trinajstić information content (AvgIpc) is 2.66. The number of hydrogen-bond donors (Lipinski definition) is 0. The topological polar surface area (TPSA) is 71.4 Å². The molecule has 0 aliphatic heterocycles. The first-order chi connectivity index (χ1) is 12.2. The molecule has 116 valence electrons. The van der Waals surface area contributed by atoms with Gasteiger partial charge in [-0.2, -0.15) is 15.8 Å². The number of aryl methyl sites for hydroxylation is 1. The van der Waals surface area contributed by atoms with Crippen LogP contribution in [0, 0.1) is 40.9 Å². The fourth-order valence-corrected chi connectivity index (χ4v) is 2.87. The van der Waals surface area contributed by atoms with Gasteiger partial charge in [0, 0.05) is 5.56 Å². The summed E-state index contributed by atoms with van der Waals surface area (Å²) in [6.07, 6.45) is 0. The number of rotatable bonds is 2. The molecule has 0 unspecified atom stereocenters. The van der Waals surface area contributed by atoms with Gasteiger partial charge in [0.15, 0.2) is 0 Å². The number of nitriles is 3. The average molecular weight is 319 g/mol. The smallest absolute Gasteiger partial charge is 0.0999 e. The van der Waals surface area contributed by atoms with Crippen molar-refractivity contribution in [2.45, 2.75) is 6.92 Å².